The molecular formula is C28H25N3O6. The van der Waals surface area contributed by atoms with Gasteiger partial charge in [0, 0.05) is 32.0 Å². The number of hydrogen-bond acceptors (Lipinski definition) is 6. The van der Waals surface area contributed by atoms with Crippen LogP contribution in [0.4, 0.5) is 0 Å². The number of nitrogens with zero attached hydrogens (tertiary/aromatic N) is 1. The Hall–Kier alpha value is -4.79. The van der Waals surface area contributed by atoms with Crippen LogP contribution in [-0.4, -0.2) is 53.6 Å². The third-order valence-corrected chi connectivity index (χ3v) is 5.78. The molecule has 9 heteroatoms. The van der Waals surface area contributed by atoms with Gasteiger partial charge in [-0.2, -0.15) is 0 Å². The van der Waals surface area contributed by atoms with E-state index in [1.54, 1.807) is 42.5 Å². The lowest BCUT2D eigenvalue weighted by atomic mass is 10.0. The summed E-state index contributed by atoms with van der Waals surface area (Å²) < 4.78 is 4.99. The summed E-state index contributed by atoms with van der Waals surface area (Å²) in [6.45, 7) is 1.44. The Balaban J connectivity index is 1.41. The van der Waals surface area contributed by atoms with Crippen LogP contribution in [0.1, 0.15) is 43.6 Å². The Kier molecular flexibility index (Phi) is 7.73. The van der Waals surface area contributed by atoms with Gasteiger partial charge in [-0.25, -0.2) is 0 Å². The Labute approximate surface area is 213 Å². The van der Waals surface area contributed by atoms with Crippen molar-refractivity contribution in [3.8, 4) is 5.75 Å². The molecule has 0 saturated carbocycles. The molecule has 37 heavy (non-hydrogen) atoms. The van der Waals surface area contributed by atoms with Crippen LogP contribution in [0.15, 0.2) is 78.9 Å². The number of carbonyl (C=O) groups excluding carboxylic acids is 5. The third-order valence-electron chi connectivity index (χ3n) is 5.78. The van der Waals surface area contributed by atoms with E-state index in [0.717, 1.165) is 10.5 Å². The first-order valence-corrected chi connectivity index (χ1v) is 11.7. The van der Waals surface area contributed by atoms with Crippen molar-refractivity contribution in [2.24, 2.45) is 0 Å². The van der Waals surface area contributed by atoms with Crippen molar-refractivity contribution >= 4 is 29.6 Å². The van der Waals surface area contributed by atoms with Crippen LogP contribution in [0.2, 0.25) is 0 Å². The summed E-state index contributed by atoms with van der Waals surface area (Å²) in [5, 5.41) is 5.41. The van der Waals surface area contributed by atoms with Crippen molar-refractivity contribution in [1.29, 1.82) is 0 Å². The zero-order valence-corrected chi connectivity index (χ0v) is 20.1. The molecule has 0 radical (unpaired) electrons. The molecule has 1 heterocycles. The molecule has 1 atom stereocenters. The molecule has 4 rings (SSSR count). The van der Waals surface area contributed by atoms with Crippen LogP contribution in [0.5, 0.6) is 5.75 Å². The van der Waals surface area contributed by atoms with Gasteiger partial charge in [0.25, 0.3) is 17.7 Å². The standard InChI is InChI=1S/C28H25N3O6/c1-18(32)37-21-11-7-10-20(17-21)25(33)29-14-15-30-26(34)24(16-19-8-3-2-4-9-19)31-27(35)22-12-5-6-13-23(22)28(31)36/h2-13,17,24H,14-16H2,1H3,(H,29,33)(H,30,34). The van der Waals surface area contributed by atoms with E-state index < -0.39 is 35.6 Å². The summed E-state index contributed by atoms with van der Waals surface area (Å²) in [6, 6.07) is 20.7. The van der Waals surface area contributed by atoms with E-state index in [-0.39, 0.29) is 42.0 Å². The van der Waals surface area contributed by atoms with Crippen LogP contribution < -0.4 is 15.4 Å². The number of rotatable bonds is 9. The molecule has 0 bridgehead atoms. The van der Waals surface area contributed by atoms with E-state index in [1.165, 1.54) is 13.0 Å². The van der Waals surface area contributed by atoms with Crippen molar-refractivity contribution in [3.05, 3.63) is 101 Å². The monoisotopic (exact) mass is 499 g/mol. The van der Waals surface area contributed by atoms with Gasteiger partial charge in [-0.3, -0.25) is 28.9 Å². The molecule has 1 unspecified atom stereocenters. The van der Waals surface area contributed by atoms with Gasteiger partial charge in [-0.1, -0.05) is 48.5 Å². The van der Waals surface area contributed by atoms with Gasteiger partial charge in [0.15, 0.2) is 0 Å². The maximum atomic E-state index is 13.2. The summed E-state index contributed by atoms with van der Waals surface area (Å²) >= 11 is 0. The Morgan fingerprint density at radius 3 is 2.08 bits per heavy atom. The van der Waals surface area contributed by atoms with Gasteiger partial charge in [0.2, 0.25) is 5.91 Å². The van der Waals surface area contributed by atoms with Crippen LogP contribution in [0, 0.1) is 0 Å². The fourth-order valence-corrected chi connectivity index (χ4v) is 4.08. The first-order chi connectivity index (χ1) is 17.8. The largest absolute Gasteiger partial charge is 0.427 e. The second-order valence-corrected chi connectivity index (χ2v) is 8.40. The highest BCUT2D eigenvalue weighted by atomic mass is 16.5. The molecule has 0 fully saturated rings. The van der Waals surface area contributed by atoms with E-state index in [0.29, 0.717) is 0 Å². The van der Waals surface area contributed by atoms with Crippen molar-refractivity contribution < 1.29 is 28.7 Å². The number of amides is 4. The molecule has 2 N–H and O–H groups in total. The van der Waals surface area contributed by atoms with Crippen molar-refractivity contribution in [1.82, 2.24) is 15.5 Å². The molecule has 0 aliphatic carbocycles. The van der Waals surface area contributed by atoms with Gasteiger partial charge in [-0.05, 0) is 35.9 Å². The fraction of sp³-hybridized carbons (Fsp3) is 0.179. The first kappa shape index (κ1) is 25.3. The highest BCUT2D eigenvalue weighted by Gasteiger charge is 2.42. The molecule has 3 aromatic carbocycles. The van der Waals surface area contributed by atoms with Crippen LogP contribution >= 0.6 is 0 Å². The predicted molar refractivity (Wildman–Crippen MR) is 134 cm³/mol. The summed E-state index contributed by atoms with van der Waals surface area (Å²) in [7, 11) is 0. The maximum Gasteiger partial charge on any atom is 0.308 e. The van der Waals surface area contributed by atoms with Crippen LogP contribution in [0.25, 0.3) is 0 Å². The number of fused-ring (bicyclic) bond motifs is 1. The average Bonchev–Trinajstić information content (AvgIpc) is 3.15. The molecule has 3 aromatic rings. The summed E-state index contributed by atoms with van der Waals surface area (Å²) in [5.41, 5.74) is 1.61. The van der Waals surface area contributed by atoms with E-state index >= 15 is 0 Å². The lowest BCUT2D eigenvalue weighted by molar-refractivity contribution is -0.132. The number of nitrogens with one attached hydrogen (secondary N) is 2. The van der Waals surface area contributed by atoms with E-state index in [4.69, 9.17) is 4.74 Å². The predicted octanol–water partition coefficient (Wildman–Crippen LogP) is 2.37. The molecular weight excluding hydrogens is 474 g/mol. The Bertz CT molecular complexity index is 1320. The van der Waals surface area contributed by atoms with Gasteiger partial charge in [-0.15, -0.1) is 0 Å². The normalized spacial score (nSPS) is 13.1. The first-order valence-electron chi connectivity index (χ1n) is 11.7. The topological polar surface area (TPSA) is 122 Å². The number of esters is 1. The van der Waals surface area contributed by atoms with Crippen LogP contribution in [-0.2, 0) is 16.0 Å². The van der Waals surface area contributed by atoms with Gasteiger partial charge in [0.05, 0.1) is 11.1 Å². The molecule has 4 amide bonds. The smallest absolute Gasteiger partial charge is 0.308 e. The zero-order valence-electron chi connectivity index (χ0n) is 20.1. The zero-order chi connectivity index (χ0) is 26.4. The molecule has 9 nitrogen and oxygen atoms in total. The summed E-state index contributed by atoms with van der Waals surface area (Å²) in [5.74, 6) is -2.20. The summed E-state index contributed by atoms with van der Waals surface area (Å²) in [6.07, 6.45) is 0.146. The minimum atomic E-state index is -1.06. The highest BCUT2D eigenvalue weighted by Crippen LogP contribution is 2.26. The Morgan fingerprint density at radius 2 is 1.43 bits per heavy atom. The van der Waals surface area contributed by atoms with Crippen LogP contribution in [0.3, 0.4) is 0 Å². The van der Waals surface area contributed by atoms with Crippen molar-refractivity contribution in [3.63, 3.8) is 0 Å². The number of imide groups is 1. The van der Waals surface area contributed by atoms with Gasteiger partial charge >= 0.3 is 5.97 Å². The minimum Gasteiger partial charge on any atom is -0.427 e. The molecule has 0 spiro atoms. The number of ether oxygens (including phenoxy) is 1. The van der Waals surface area contributed by atoms with Crippen molar-refractivity contribution in [2.45, 2.75) is 19.4 Å². The quantitative estimate of drug-likeness (QED) is 0.202. The van der Waals surface area contributed by atoms with E-state index in [2.05, 4.69) is 10.6 Å². The van der Waals surface area contributed by atoms with E-state index in [9.17, 15) is 24.0 Å². The lowest BCUT2D eigenvalue weighted by Gasteiger charge is -2.25. The second kappa shape index (κ2) is 11.3. The van der Waals surface area contributed by atoms with Gasteiger partial charge in [0.1, 0.15) is 11.8 Å². The Morgan fingerprint density at radius 1 is 0.811 bits per heavy atom. The molecule has 1 aliphatic heterocycles. The van der Waals surface area contributed by atoms with Gasteiger partial charge < -0.3 is 15.4 Å². The SMILES string of the molecule is CC(=O)Oc1cccc(C(=O)NCCNC(=O)C(Cc2ccccc2)N2C(=O)c3ccccc3C2=O)c1. The summed E-state index contributed by atoms with van der Waals surface area (Å²) in [4.78, 5) is 63.9. The van der Waals surface area contributed by atoms with Crippen molar-refractivity contribution in [2.75, 3.05) is 13.1 Å². The maximum absolute atomic E-state index is 13.2. The molecule has 188 valence electrons. The molecule has 0 aromatic heterocycles. The number of hydrogen-bond donors (Lipinski definition) is 2. The average molecular weight is 500 g/mol. The minimum absolute atomic E-state index is 0.0721. The third kappa shape index (κ3) is 5.90. The number of carbonyl (C=O) groups is 5. The molecule has 1 aliphatic rings. The highest BCUT2D eigenvalue weighted by molar-refractivity contribution is 6.22. The number of benzene rings is 3. The molecule has 0 saturated heterocycles. The fourth-order valence-electron chi connectivity index (χ4n) is 4.08. The lowest BCUT2D eigenvalue weighted by Crippen LogP contribution is -2.51. The van der Waals surface area contributed by atoms with E-state index in [1.807, 2.05) is 30.3 Å². The second-order valence-electron chi connectivity index (χ2n) is 8.40.